The lowest BCUT2D eigenvalue weighted by Gasteiger charge is -2.16. The molecule has 2 rings (SSSR count). The second-order valence-corrected chi connectivity index (χ2v) is 4.45. The van der Waals surface area contributed by atoms with Crippen LogP contribution in [-0.4, -0.2) is 28.1 Å². The van der Waals surface area contributed by atoms with Crippen molar-refractivity contribution < 1.29 is 4.79 Å². The Morgan fingerprint density at radius 2 is 1.89 bits per heavy atom. The van der Waals surface area contributed by atoms with Gasteiger partial charge in [-0.1, -0.05) is 29.8 Å². The molecule has 0 atom stereocenters. The van der Waals surface area contributed by atoms with Crippen LogP contribution in [0, 0.1) is 6.92 Å². The van der Waals surface area contributed by atoms with Crippen molar-refractivity contribution in [2.45, 2.75) is 13.5 Å². The van der Waals surface area contributed by atoms with Crippen LogP contribution in [-0.2, 0) is 6.54 Å². The van der Waals surface area contributed by atoms with E-state index in [1.807, 2.05) is 31.2 Å². The minimum atomic E-state index is -0.322. The lowest BCUT2D eigenvalue weighted by molar-refractivity contribution is 0.0778. The maximum absolute atomic E-state index is 12.1. The fourth-order valence-corrected chi connectivity index (χ4v) is 1.70. The van der Waals surface area contributed by atoms with Crippen molar-refractivity contribution in [3.05, 3.63) is 63.6 Å². The van der Waals surface area contributed by atoms with Gasteiger partial charge in [-0.3, -0.25) is 9.59 Å². The van der Waals surface area contributed by atoms with Crippen LogP contribution in [0.4, 0.5) is 0 Å². The van der Waals surface area contributed by atoms with E-state index in [0.717, 1.165) is 5.56 Å². The number of H-pyrrole nitrogens is 1. The summed E-state index contributed by atoms with van der Waals surface area (Å²) in [5, 5.41) is 5.98. The number of carbonyl (C=O) groups excluding carboxylic acids is 1. The van der Waals surface area contributed by atoms with Crippen molar-refractivity contribution in [3.8, 4) is 0 Å². The topological polar surface area (TPSA) is 66.1 Å². The van der Waals surface area contributed by atoms with Crippen molar-refractivity contribution in [1.82, 2.24) is 15.1 Å². The fourth-order valence-electron chi connectivity index (χ4n) is 1.70. The molecule has 0 unspecified atom stereocenters. The summed E-state index contributed by atoms with van der Waals surface area (Å²) in [4.78, 5) is 24.5. The Labute approximate surface area is 110 Å². The molecule has 2 aromatic rings. The van der Waals surface area contributed by atoms with Gasteiger partial charge in [0.2, 0.25) is 0 Å². The summed E-state index contributed by atoms with van der Waals surface area (Å²) in [6.45, 7) is 2.52. The maximum atomic E-state index is 12.1. The molecule has 1 aromatic heterocycles. The van der Waals surface area contributed by atoms with E-state index in [1.54, 1.807) is 11.9 Å². The van der Waals surface area contributed by atoms with Crippen molar-refractivity contribution in [2.24, 2.45) is 0 Å². The summed E-state index contributed by atoms with van der Waals surface area (Å²) in [7, 11) is 1.70. The zero-order chi connectivity index (χ0) is 13.8. The molecule has 5 heteroatoms. The number of hydrogen-bond donors (Lipinski definition) is 1. The van der Waals surface area contributed by atoms with Crippen LogP contribution in [0.25, 0.3) is 0 Å². The number of nitrogens with zero attached hydrogens (tertiary/aromatic N) is 2. The highest BCUT2D eigenvalue weighted by Crippen LogP contribution is 2.07. The van der Waals surface area contributed by atoms with Crippen molar-refractivity contribution in [2.75, 3.05) is 7.05 Å². The fraction of sp³-hybridized carbons (Fsp3) is 0.214. The summed E-state index contributed by atoms with van der Waals surface area (Å²) in [6, 6.07) is 10.7. The SMILES string of the molecule is Cc1ccc(CN(C)C(=O)c2ccc(=O)[nH]n2)cc1. The molecule has 19 heavy (non-hydrogen) atoms. The van der Waals surface area contributed by atoms with Gasteiger partial charge in [0.15, 0.2) is 0 Å². The third kappa shape index (κ3) is 3.28. The van der Waals surface area contributed by atoms with Crippen LogP contribution in [0.1, 0.15) is 21.6 Å². The number of benzene rings is 1. The lowest BCUT2D eigenvalue weighted by Crippen LogP contribution is -2.28. The highest BCUT2D eigenvalue weighted by Gasteiger charge is 2.13. The van der Waals surface area contributed by atoms with Gasteiger partial charge < -0.3 is 4.90 Å². The summed E-state index contributed by atoms with van der Waals surface area (Å²) in [5.41, 5.74) is 2.14. The van der Waals surface area contributed by atoms with E-state index >= 15 is 0 Å². The van der Waals surface area contributed by atoms with E-state index in [4.69, 9.17) is 0 Å². The van der Waals surface area contributed by atoms with Crippen LogP contribution in [0.3, 0.4) is 0 Å². The minimum Gasteiger partial charge on any atom is -0.336 e. The molecule has 0 spiro atoms. The number of carbonyl (C=O) groups is 1. The standard InChI is InChI=1S/C14H15N3O2/c1-10-3-5-11(6-4-10)9-17(2)14(19)12-7-8-13(18)16-15-12/h3-8H,9H2,1-2H3,(H,16,18). The van der Waals surface area contributed by atoms with E-state index in [2.05, 4.69) is 10.2 Å². The Balaban J connectivity index is 2.09. The molecule has 1 heterocycles. The predicted octanol–water partition coefficient (Wildman–Crippen LogP) is 1.35. The van der Waals surface area contributed by atoms with Gasteiger partial charge in [0.25, 0.3) is 11.5 Å². The lowest BCUT2D eigenvalue weighted by atomic mass is 10.1. The molecule has 1 N–H and O–H groups in total. The largest absolute Gasteiger partial charge is 0.336 e. The van der Waals surface area contributed by atoms with Gasteiger partial charge >= 0.3 is 0 Å². The first-order valence-corrected chi connectivity index (χ1v) is 5.93. The average molecular weight is 257 g/mol. The number of amides is 1. The molecule has 98 valence electrons. The maximum Gasteiger partial charge on any atom is 0.274 e. The highest BCUT2D eigenvalue weighted by molar-refractivity contribution is 5.91. The molecule has 0 fully saturated rings. The molecule has 0 aliphatic carbocycles. The Bertz CT molecular complexity index is 611. The quantitative estimate of drug-likeness (QED) is 0.902. The van der Waals surface area contributed by atoms with Crippen LogP contribution < -0.4 is 5.56 Å². The van der Waals surface area contributed by atoms with E-state index in [0.29, 0.717) is 6.54 Å². The second kappa shape index (κ2) is 5.48. The normalized spacial score (nSPS) is 10.2. The van der Waals surface area contributed by atoms with Crippen molar-refractivity contribution >= 4 is 5.91 Å². The molecule has 0 aliphatic heterocycles. The molecule has 0 radical (unpaired) electrons. The second-order valence-electron chi connectivity index (χ2n) is 4.45. The molecule has 0 bridgehead atoms. The third-order valence-corrected chi connectivity index (χ3v) is 2.79. The first kappa shape index (κ1) is 13.0. The van der Waals surface area contributed by atoms with E-state index in [1.165, 1.54) is 17.7 Å². The Hall–Kier alpha value is -2.43. The van der Waals surface area contributed by atoms with E-state index < -0.39 is 0 Å². The van der Waals surface area contributed by atoms with Gasteiger partial charge in [-0.25, -0.2) is 5.10 Å². The number of nitrogens with one attached hydrogen (secondary N) is 1. The summed E-state index contributed by atoms with van der Waals surface area (Å²) < 4.78 is 0. The van der Waals surface area contributed by atoms with E-state index in [9.17, 15) is 9.59 Å². The van der Waals surface area contributed by atoms with Crippen molar-refractivity contribution in [1.29, 1.82) is 0 Å². The number of aryl methyl sites for hydroxylation is 1. The number of rotatable bonds is 3. The van der Waals surface area contributed by atoms with Crippen LogP contribution in [0.2, 0.25) is 0 Å². The molecule has 0 saturated heterocycles. The van der Waals surface area contributed by atoms with Gasteiger partial charge in [-0.15, -0.1) is 0 Å². The first-order valence-electron chi connectivity index (χ1n) is 5.93. The predicted molar refractivity (Wildman–Crippen MR) is 71.8 cm³/mol. The number of hydrogen-bond acceptors (Lipinski definition) is 3. The summed E-state index contributed by atoms with van der Waals surface area (Å²) >= 11 is 0. The number of aromatic amines is 1. The first-order chi connectivity index (χ1) is 9.06. The van der Waals surface area contributed by atoms with E-state index in [-0.39, 0.29) is 17.2 Å². The molecule has 0 saturated carbocycles. The zero-order valence-electron chi connectivity index (χ0n) is 10.9. The monoisotopic (exact) mass is 257 g/mol. The average Bonchev–Trinajstić information content (AvgIpc) is 2.41. The Morgan fingerprint density at radius 3 is 2.47 bits per heavy atom. The minimum absolute atomic E-state index is 0.225. The van der Waals surface area contributed by atoms with Crippen molar-refractivity contribution in [3.63, 3.8) is 0 Å². The van der Waals surface area contributed by atoms with Gasteiger partial charge in [-0.05, 0) is 18.6 Å². The molecule has 1 amide bonds. The molecular formula is C14H15N3O2. The third-order valence-electron chi connectivity index (χ3n) is 2.79. The summed E-state index contributed by atoms with van der Waals surface area (Å²) in [6.07, 6.45) is 0. The molecule has 0 aliphatic rings. The van der Waals surface area contributed by atoms with Crippen LogP contribution in [0.15, 0.2) is 41.2 Å². The molecule has 1 aromatic carbocycles. The smallest absolute Gasteiger partial charge is 0.274 e. The molecule has 5 nitrogen and oxygen atoms in total. The molecular weight excluding hydrogens is 242 g/mol. The Kier molecular flexibility index (Phi) is 3.75. The number of aromatic nitrogens is 2. The Morgan fingerprint density at radius 1 is 1.21 bits per heavy atom. The van der Waals surface area contributed by atoms with Crippen LogP contribution in [0.5, 0.6) is 0 Å². The summed E-state index contributed by atoms with van der Waals surface area (Å²) in [5.74, 6) is -0.225. The van der Waals surface area contributed by atoms with Gasteiger partial charge in [0, 0.05) is 19.7 Å². The van der Waals surface area contributed by atoms with Gasteiger partial charge in [0.1, 0.15) is 5.69 Å². The zero-order valence-corrected chi connectivity index (χ0v) is 10.9. The van der Waals surface area contributed by atoms with Crippen LogP contribution >= 0.6 is 0 Å². The highest BCUT2D eigenvalue weighted by atomic mass is 16.2. The van der Waals surface area contributed by atoms with Gasteiger partial charge in [-0.2, -0.15) is 5.10 Å². The van der Waals surface area contributed by atoms with Gasteiger partial charge in [0.05, 0.1) is 0 Å².